The van der Waals surface area contributed by atoms with Gasteiger partial charge in [0.2, 0.25) is 0 Å². The number of likely N-dealkylation sites (N-methyl/N-ethyl adjacent to an activating group) is 1. The minimum Gasteiger partial charge on any atom is -0.306 e. The predicted octanol–water partition coefficient (Wildman–Crippen LogP) is 3.52. The number of benzene rings is 1. The molecule has 0 saturated carbocycles. The Balaban J connectivity index is 1.96. The van der Waals surface area contributed by atoms with E-state index in [1.54, 1.807) is 0 Å². The Morgan fingerprint density at radius 1 is 1.26 bits per heavy atom. The first-order valence-corrected chi connectivity index (χ1v) is 7.78. The van der Waals surface area contributed by atoms with Gasteiger partial charge in [-0.15, -0.1) is 0 Å². The van der Waals surface area contributed by atoms with E-state index < -0.39 is 0 Å². The van der Waals surface area contributed by atoms with Gasteiger partial charge in [0, 0.05) is 18.6 Å². The molecule has 1 fully saturated rings. The Labute approximate surface area is 118 Å². The molecule has 1 saturated heterocycles. The zero-order valence-corrected chi connectivity index (χ0v) is 12.7. The summed E-state index contributed by atoms with van der Waals surface area (Å²) in [5.41, 5.74) is 2.77. The molecule has 0 radical (unpaired) electrons. The van der Waals surface area contributed by atoms with E-state index in [2.05, 4.69) is 55.3 Å². The second-order valence-electron chi connectivity index (χ2n) is 5.77. The van der Waals surface area contributed by atoms with Crippen LogP contribution < -0.4 is 5.32 Å². The van der Waals surface area contributed by atoms with Gasteiger partial charge in [-0.2, -0.15) is 0 Å². The maximum atomic E-state index is 3.86. The van der Waals surface area contributed by atoms with Gasteiger partial charge in [0.15, 0.2) is 0 Å². The third kappa shape index (κ3) is 4.05. The average Bonchev–Trinajstić information content (AvgIpc) is 2.46. The molecule has 1 aromatic carbocycles. The van der Waals surface area contributed by atoms with Crippen LogP contribution in [0.1, 0.15) is 50.3 Å². The van der Waals surface area contributed by atoms with Crippen molar-refractivity contribution >= 4 is 0 Å². The molecule has 0 spiro atoms. The van der Waals surface area contributed by atoms with Gasteiger partial charge < -0.3 is 10.2 Å². The van der Waals surface area contributed by atoms with Crippen LogP contribution in [0.4, 0.5) is 0 Å². The van der Waals surface area contributed by atoms with Gasteiger partial charge >= 0.3 is 0 Å². The number of aryl methyl sites for hydroxylation is 1. The summed E-state index contributed by atoms with van der Waals surface area (Å²) in [5.74, 6) is 0. The highest BCUT2D eigenvalue weighted by atomic mass is 15.2. The molecular formula is C17H28N2. The Hall–Kier alpha value is -0.860. The highest BCUT2D eigenvalue weighted by molar-refractivity contribution is 5.24. The number of nitrogens with zero attached hydrogens (tertiary/aromatic N) is 1. The summed E-state index contributed by atoms with van der Waals surface area (Å²) in [6.07, 6.45) is 3.81. The van der Waals surface area contributed by atoms with Crippen molar-refractivity contribution in [2.24, 2.45) is 0 Å². The monoisotopic (exact) mass is 260 g/mol. The van der Waals surface area contributed by atoms with Crippen LogP contribution in [0.5, 0.6) is 0 Å². The summed E-state index contributed by atoms with van der Waals surface area (Å²) in [6.45, 7) is 10.4. The molecular weight excluding hydrogens is 232 g/mol. The molecule has 19 heavy (non-hydrogen) atoms. The van der Waals surface area contributed by atoms with E-state index in [0.717, 1.165) is 6.42 Å². The first kappa shape index (κ1) is 14.5. The zero-order chi connectivity index (χ0) is 13.7. The lowest BCUT2D eigenvalue weighted by molar-refractivity contribution is 0.189. The number of likely N-dealkylation sites (tertiary alicyclic amines) is 1. The highest BCUT2D eigenvalue weighted by Crippen LogP contribution is 2.20. The average molecular weight is 260 g/mol. The van der Waals surface area contributed by atoms with Gasteiger partial charge in [0.1, 0.15) is 0 Å². The third-order valence-electron chi connectivity index (χ3n) is 4.28. The molecule has 1 aliphatic rings. The number of hydrogen-bond donors (Lipinski definition) is 1. The summed E-state index contributed by atoms with van der Waals surface area (Å²) in [5, 5.41) is 3.86. The maximum Gasteiger partial charge on any atom is 0.0320 e. The fourth-order valence-corrected chi connectivity index (χ4v) is 3.01. The van der Waals surface area contributed by atoms with E-state index in [0.29, 0.717) is 12.1 Å². The van der Waals surface area contributed by atoms with E-state index >= 15 is 0 Å². The van der Waals surface area contributed by atoms with Gasteiger partial charge in [-0.1, -0.05) is 43.7 Å². The number of rotatable bonds is 5. The summed E-state index contributed by atoms with van der Waals surface area (Å²) in [6, 6.07) is 10.1. The quantitative estimate of drug-likeness (QED) is 0.871. The van der Waals surface area contributed by atoms with Gasteiger partial charge in [0.05, 0.1) is 0 Å². The van der Waals surface area contributed by atoms with Crippen molar-refractivity contribution < 1.29 is 0 Å². The second-order valence-corrected chi connectivity index (χ2v) is 5.77. The van der Waals surface area contributed by atoms with Crippen molar-refractivity contribution in [2.45, 2.75) is 52.1 Å². The van der Waals surface area contributed by atoms with Crippen molar-refractivity contribution in [3.05, 3.63) is 35.4 Å². The van der Waals surface area contributed by atoms with E-state index in [-0.39, 0.29) is 0 Å². The lowest BCUT2D eigenvalue weighted by Crippen LogP contribution is -2.46. The molecule has 1 aromatic rings. The molecule has 2 unspecified atom stereocenters. The van der Waals surface area contributed by atoms with Crippen LogP contribution in [-0.2, 0) is 0 Å². The van der Waals surface area contributed by atoms with E-state index in [4.69, 9.17) is 0 Å². The molecule has 1 aliphatic heterocycles. The molecule has 0 aliphatic carbocycles. The largest absolute Gasteiger partial charge is 0.306 e. The highest BCUT2D eigenvalue weighted by Gasteiger charge is 2.21. The van der Waals surface area contributed by atoms with Gasteiger partial charge in [0.25, 0.3) is 0 Å². The molecule has 0 bridgehead atoms. The topological polar surface area (TPSA) is 15.3 Å². The predicted molar refractivity (Wildman–Crippen MR) is 82.5 cm³/mol. The minimum absolute atomic E-state index is 0.502. The number of hydrogen-bond acceptors (Lipinski definition) is 2. The van der Waals surface area contributed by atoms with Crippen molar-refractivity contribution in [3.63, 3.8) is 0 Å². The molecule has 1 N–H and O–H groups in total. The fraction of sp³-hybridized carbons (Fsp3) is 0.647. The lowest BCUT2D eigenvalue weighted by atomic mass is 9.99. The molecule has 106 valence electrons. The summed E-state index contributed by atoms with van der Waals surface area (Å²) in [7, 11) is 0. The molecule has 1 heterocycles. The number of nitrogens with one attached hydrogen (secondary N) is 1. The second kappa shape index (κ2) is 7.06. The van der Waals surface area contributed by atoms with Crippen LogP contribution in [0.15, 0.2) is 24.3 Å². The van der Waals surface area contributed by atoms with Crippen LogP contribution in [0.2, 0.25) is 0 Å². The van der Waals surface area contributed by atoms with Crippen molar-refractivity contribution in [1.82, 2.24) is 10.2 Å². The third-order valence-corrected chi connectivity index (χ3v) is 4.28. The summed E-state index contributed by atoms with van der Waals surface area (Å²) < 4.78 is 0. The van der Waals surface area contributed by atoms with Crippen molar-refractivity contribution in [1.29, 1.82) is 0 Å². The summed E-state index contributed by atoms with van der Waals surface area (Å²) in [4.78, 5) is 2.56. The van der Waals surface area contributed by atoms with Gasteiger partial charge in [-0.3, -0.25) is 0 Å². The Morgan fingerprint density at radius 3 is 2.63 bits per heavy atom. The van der Waals surface area contributed by atoms with Crippen LogP contribution in [0.25, 0.3) is 0 Å². The van der Waals surface area contributed by atoms with Crippen molar-refractivity contribution in [3.8, 4) is 0 Å². The number of piperidine rings is 1. The zero-order valence-electron chi connectivity index (χ0n) is 12.7. The first-order chi connectivity index (χ1) is 9.22. The normalized spacial score (nSPS) is 22.4. The van der Waals surface area contributed by atoms with Gasteiger partial charge in [-0.05, 0) is 44.8 Å². The van der Waals surface area contributed by atoms with Gasteiger partial charge in [-0.25, -0.2) is 0 Å². The molecule has 2 heteroatoms. The summed E-state index contributed by atoms with van der Waals surface area (Å²) >= 11 is 0. The standard InChI is InChI=1S/C17H28N2/c1-4-17(15-10-8-14(3)9-11-15)18-16-7-6-12-19(5-2)13-16/h8-11,16-18H,4-7,12-13H2,1-3H3. The van der Waals surface area contributed by atoms with Crippen LogP contribution in [0, 0.1) is 6.92 Å². The molecule has 0 amide bonds. The minimum atomic E-state index is 0.502. The fourth-order valence-electron chi connectivity index (χ4n) is 3.01. The molecule has 0 aromatic heterocycles. The smallest absolute Gasteiger partial charge is 0.0320 e. The Morgan fingerprint density at radius 2 is 2.00 bits per heavy atom. The van der Waals surface area contributed by atoms with E-state index in [1.165, 1.54) is 43.6 Å². The maximum absolute atomic E-state index is 3.86. The molecule has 2 atom stereocenters. The van der Waals surface area contributed by atoms with Crippen LogP contribution in [0.3, 0.4) is 0 Å². The van der Waals surface area contributed by atoms with E-state index in [1.807, 2.05) is 0 Å². The van der Waals surface area contributed by atoms with Crippen LogP contribution in [-0.4, -0.2) is 30.6 Å². The Kier molecular flexibility index (Phi) is 5.41. The SMILES string of the molecule is CCC(NC1CCCN(CC)C1)c1ccc(C)cc1. The lowest BCUT2D eigenvalue weighted by Gasteiger charge is -2.34. The molecule has 2 nitrogen and oxygen atoms in total. The molecule has 2 rings (SSSR count). The first-order valence-electron chi connectivity index (χ1n) is 7.78. The van der Waals surface area contributed by atoms with Crippen molar-refractivity contribution in [2.75, 3.05) is 19.6 Å². The Bertz CT molecular complexity index is 371. The van der Waals surface area contributed by atoms with Crippen LogP contribution >= 0.6 is 0 Å². The van der Waals surface area contributed by atoms with E-state index in [9.17, 15) is 0 Å².